The van der Waals surface area contributed by atoms with Crippen molar-refractivity contribution in [1.82, 2.24) is 34.9 Å². The van der Waals surface area contributed by atoms with Crippen molar-refractivity contribution >= 4 is 28.8 Å². The van der Waals surface area contributed by atoms with Crippen molar-refractivity contribution in [2.45, 2.75) is 27.3 Å². The van der Waals surface area contributed by atoms with Crippen LogP contribution in [0.1, 0.15) is 37.1 Å². The summed E-state index contributed by atoms with van der Waals surface area (Å²) >= 11 is 7.31. The van der Waals surface area contributed by atoms with Crippen LogP contribution in [0.3, 0.4) is 0 Å². The van der Waals surface area contributed by atoms with Crippen molar-refractivity contribution in [1.29, 1.82) is 0 Å². The predicted molar refractivity (Wildman–Crippen MR) is 114 cm³/mol. The zero-order chi connectivity index (χ0) is 21.7. The van der Waals surface area contributed by atoms with Crippen LogP contribution in [0.2, 0.25) is 0 Å². The Kier molecular flexibility index (Phi) is 7.46. The van der Waals surface area contributed by atoms with E-state index < -0.39 is 5.82 Å². The molecule has 0 radical (unpaired) electrons. The van der Waals surface area contributed by atoms with Crippen molar-refractivity contribution < 1.29 is 9.18 Å². The van der Waals surface area contributed by atoms with Gasteiger partial charge in [-0.3, -0.25) is 14.3 Å². The number of carbonyl (C=O) groups excluding carboxylic acids is 1. The van der Waals surface area contributed by atoms with Gasteiger partial charge in [0.1, 0.15) is 17.2 Å². The fourth-order valence-corrected chi connectivity index (χ4v) is 3.67. The van der Waals surface area contributed by atoms with Gasteiger partial charge in [-0.25, -0.2) is 14.4 Å². The zero-order valence-corrected chi connectivity index (χ0v) is 18.5. The molecule has 0 atom stereocenters. The number of hydrogen-bond donors (Lipinski definition) is 1. The molecule has 0 spiro atoms. The summed E-state index contributed by atoms with van der Waals surface area (Å²) in [6, 6.07) is 3.17. The van der Waals surface area contributed by atoms with Gasteiger partial charge in [0.2, 0.25) is 0 Å². The second-order valence-corrected chi connectivity index (χ2v) is 8.10. The van der Waals surface area contributed by atoms with Crippen LogP contribution >= 0.6 is 22.9 Å². The van der Waals surface area contributed by atoms with Gasteiger partial charge in [0.15, 0.2) is 16.8 Å². The Morgan fingerprint density at radius 2 is 2.17 bits per heavy atom. The van der Waals surface area contributed by atoms with E-state index >= 15 is 0 Å². The molecule has 0 saturated carbocycles. The normalized spacial score (nSPS) is 11.4. The van der Waals surface area contributed by atoms with Crippen molar-refractivity contribution in [2.75, 3.05) is 19.1 Å². The Morgan fingerprint density at radius 3 is 2.80 bits per heavy atom. The molecule has 30 heavy (non-hydrogen) atoms. The van der Waals surface area contributed by atoms with E-state index in [1.807, 2.05) is 25.7 Å². The first-order valence-electron chi connectivity index (χ1n) is 9.51. The van der Waals surface area contributed by atoms with Crippen LogP contribution in [0.5, 0.6) is 0 Å². The molecule has 0 aliphatic rings. The number of hydrogen-bond acceptors (Lipinski definition) is 7. The maximum absolute atomic E-state index is 13.3. The zero-order valence-electron chi connectivity index (χ0n) is 17.0. The first kappa shape index (κ1) is 22.3. The summed E-state index contributed by atoms with van der Waals surface area (Å²) in [4.78, 5) is 23.0. The molecule has 3 heterocycles. The van der Waals surface area contributed by atoms with Crippen molar-refractivity contribution in [3.8, 4) is 16.6 Å². The van der Waals surface area contributed by atoms with E-state index in [2.05, 4.69) is 25.5 Å². The van der Waals surface area contributed by atoms with Gasteiger partial charge in [0.05, 0.1) is 18.7 Å². The molecule has 8 nitrogen and oxygen atoms in total. The molecule has 1 N–H and O–H groups in total. The van der Waals surface area contributed by atoms with Crippen LogP contribution in [-0.2, 0) is 6.54 Å². The first-order chi connectivity index (χ1) is 14.4. The Labute approximate surface area is 183 Å². The van der Waals surface area contributed by atoms with Gasteiger partial charge in [-0.1, -0.05) is 20.8 Å². The summed E-state index contributed by atoms with van der Waals surface area (Å²) in [6.07, 6.45) is 1.12. The highest BCUT2D eigenvalue weighted by molar-refractivity contribution is 7.12. The lowest BCUT2D eigenvalue weighted by Gasteiger charge is -2.16. The topological polar surface area (TPSA) is 88.8 Å². The average molecular weight is 452 g/mol. The van der Waals surface area contributed by atoms with E-state index in [4.69, 9.17) is 11.6 Å². The van der Waals surface area contributed by atoms with Crippen LogP contribution in [0.4, 0.5) is 4.39 Å². The first-order valence-corrected chi connectivity index (χ1v) is 10.9. The van der Waals surface area contributed by atoms with Crippen LogP contribution in [0, 0.1) is 11.7 Å². The summed E-state index contributed by atoms with van der Waals surface area (Å²) < 4.78 is 15.1. The largest absolute Gasteiger partial charge is 0.350 e. The third-order valence-corrected chi connectivity index (χ3v) is 5.42. The maximum Gasteiger partial charge on any atom is 0.270 e. The smallest absolute Gasteiger partial charge is 0.270 e. The SMILES string of the molecule is CCN(CCl)Cc1nnc(-c2ccc(F)cn2)n1-c1nc(C(=O)NCC(C)C)cs1. The number of halogens is 2. The third kappa shape index (κ3) is 5.18. The van der Waals surface area contributed by atoms with Crippen molar-refractivity contribution in [2.24, 2.45) is 5.92 Å². The molecule has 160 valence electrons. The van der Waals surface area contributed by atoms with Gasteiger partial charge < -0.3 is 5.32 Å². The molecule has 0 unspecified atom stereocenters. The number of thiazole rings is 1. The second-order valence-electron chi connectivity index (χ2n) is 7.02. The molecule has 11 heteroatoms. The molecular weight excluding hydrogens is 429 g/mol. The maximum atomic E-state index is 13.3. The number of pyridine rings is 1. The Bertz CT molecular complexity index is 985. The average Bonchev–Trinajstić information content (AvgIpc) is 3.37. The van der Waals surface area contributed by atoms with Gasteiger partial charge in [-0.05, 0) is 24.6 Å². The van der Waals surface area contributed by atoms with Crippen LogP contribution in [-0.4, -0.2) is 54.6 Å². The number of alkyl halides is 1. The number of amides is 1. The Balaban J connectivity index is 1.99. The second kappa shape index (κ2) is 10.1. The molecule has 1 amide bonds. The molecule has 0 fully saturated rings. The van der Waals surface area contributed by atoms with E-state index in [1.165, 1.54) is 23.5 Å². The molecule has 3 aromatic rings. The van der Waals surface area contributed by atoms with E-state index in [0.29, 0.717) is 53.2 Å². The lowest BCUT2D eigenvalue weighted by Crippen LogP contribution is -2.27. The van der Waals surface area contributed by atoms with E-state index in [0.717, 1.165) is 12.7 Å². The highest BCUT2D eigenvalue weighted by Crippen LogP contribution is 2.25. The minimum atomic E-state index is -0.442. The summed E-state index contributed by atoms with van der Waals surface area (Å²) in [5, 5.41) is 13.6. The Morgan fingerprint density at radius 1 is 1.37 bits per heavy atom. The highest BCUT2D eigenvalue weighted by Gasteiger charge is 2.22. The quantitative estimate of drug-likeness (QED) is 0.396. The standard InChI is InChI=1S/C19H23ClFN7OS/c1-4-27(11-20)9-16-25-26-17(14-6-5-13(21)8-22-14)28(16)19-24-15(10-30-19)18(29)23-7-12(2)3/h5-6,8,10,12H,4,7,9,11H2,1-3H3,(H,23,29). The summed E-state index contributed by atoms with van der Waals surface area (Å²) in [5.74, 6) is 0.672. The Hall–Kier alpha value is -2.43. The molecule has 0 aromatic carbocycles. The fourth-order valence-electron chi connectivity index (χ4n) is 2.59. The number of nitrogens with one attached hydrogen (secondary N) is 1. The lowest BCUT2D eigenvalue weighted by atomic mass is 10.2. The van der Waals surface area contributed by atoms with Crippen molar-refractivity contribution in [3.05, 3.63) is 41.0 Å². The number of nitrogens with zero attached hydrogens (tertiary/aromatic N) is 6. The van der Waals surface area contributed by atoms with Gasteiger partial charge in [0.25, 0.3) is 5.91 Å². The monoisotopic (exact) mass is 451 g/mol. The van der Waals surface area contributed by atoms with E-state index in [9.17, 15) is 9.18 Å². The number of aromatic nitrogens is 5. The molecule has 0 bridgehead atoms. The molecule has 3 rings (SSSR count). The summed E-state index contributed by atoms with van der Waals surface area (Å²) in [7, 11) is 0. The summed E-state index contributed by atoms with van der Waals surface area (Å²) in [5.41, 5.74) is 0.767. The molecular formula is C19H23ClFN7OS. The van der Waals surface area contributed by atoms with Crippen LogP contribution in [0.15, 0.2) is 23.7 Å². The van der Waals surface area contributed by atoms with Crippen LogP contribution < -0.4 is 5.32 Å². The fraction of sp³-hybridized carbons (Fsp3) is 0.421. The van der Waals surface area contributed by atoms with Gasteiger partial charge in [0, 0.05) is 11.9 Å². The van der Waals surface area contributed by atoms with E-state index in [-0.39, 0.29) is 5.91 Å². The van der Waals surface area contributed by atoms with Gasteiger partial charge in [-0.2, -0.15) is 0 Å². The van der Waals surface area contributed by atoms with Gasteiger partial charge >= 0.3 is 0 Å². The van der Waals surface area contributed by atoms with Crippen molar-refractivity contribution in [3.63, 3.8) is 0 Å². The molecule has 0 aliphatic heterocycles. The van der Waals surface area contributed by atoms with Gasteiger partial charge in [-0.15, -0.1) is 33.1 Å². The lowest BCUT2D eigenvalue weighted by molar-refractivity contribution is 0.0944. The third-order valence-electron chi connectivity index (χ3n) is 4.25. The van der Waals surface area contributed by atoms with E-state index in [1.54, 1.807) is 9.95 Å². The van der Waals surface area contributed by atoms with Crippen LogP contribution in [0.25, 0.3) is 16.6 Å². The number of carbonyl (C=O) groups is 1. The molecule has 0 aliphatic carbocycles. The number of rotatable bonds is 9. The minimum absolute atomic E-state index is 0.238. The highest BCUT2D eigenvalue weighted by atomic mass is 35.5. The summed E-state index contributed by atoms with van der Waals surface area (Å²) in [6.45, 7) is 7.76. The minimum Gasteiger partial charge on any atom is -0.350 e. The predicted octanol–water partition coefficient (Wildman–Crippen LogP) is 3.33. The molecule has 3 aromatic heterocycles. The molecule has 0 saturated heterocycles.